The van der Waals surface area contributed by atoms with Crippen molar-refractivity contribution >= 4 is 27.4 Å². The van der Waals surface area contributed by atoms with Crippen molar-refractivity contribution in [2.75, 3.05) is 0 Å². The maximum Gasteiger partial charge on any atom is 0.339 e. The average Bonchev–Trinajstić information content (AvgIpc) is 2.41. The number of aromatic nitrogens is 2. The summed E-state index contributed by atoms with van der Waals surface area (Å²) >= 11 is 5.55. The van der Waals surface area contributed by atoms with Crippen LogP contribution in [0.4, 0.5) is 4.39 Å². The molecule has 0 amide bonds. The first-order chi connectivity index (χ1) is 9.81. The summed E-state index contributed by atoms with van der Waals surface area (Å²) in [5.74, 6) is -2.74. The van der Waals surface area contributed by atoms with Gasteiger partial charge in [0.1, 0.15) is 17.7 Å². The van der Waals surface area contributed by atoms with Gasteiger partial charge < -0.3 is 5.11 Å². The summed E-state index contributed by atoms with van der Waals surface area (Å²) in [4.78, 5) is 18.0. The Bertz CT molecular complexity index is 811. The number of hydrogen-bond donors (Lipinski definition) is 1. The fourth-order valence-electron chi connectivity index (χ4n) is 1.58. The molecule has 1 heterocycles. The molecular formula is C12H8ClFN2O4S. The highest BCUT2D eigenvalue weighted by atomic mass is 35.5. The summed E-state index contributed by atoms with van der Waals surface area (Å²) < 4.78 is 37.5. The van der Waals surface area contributed by atoms with Crippen LogP contribution in [0.25, 0.3) is 0 Å². The number of hydrogen-bond acceptors (Lipinski definition) is 5. The molecule has 2 rings (SSSR count). The van der Waals surface area contributed by atoms with Gasteiger partial charge in [0.15, 0.2) is 9.84 Å². The summed E-state index contributed by atoms with van der Waals surface area (Å²) in [6.07, 6.45) is 2.06. The zero-order valence-electron chi connectivity index (χ0n) is 10.3. The highest BCUT2D eigenvalue weighted by Crippen LogP contribution is 2.22. The van der Waals surface area contributed by atoms with Gasteiger partial charge in [0.05, 0.1) is 21.4 Å². The molecule has 0 aliphatic carbocycles. The first-order valence-electron chi connectivity index (χ1n) is 5.51. The lowest BCUT2D eigenvalue weighted by molar-refractivity contribution is 0.0695. The van der Waals surface area contributed by atoms with Gasteiger partial charge in [-0.3, -0.25) is 0 Å². The quantitative estimate of drug-likeness (QED) is 0.860. The van der Waals surface area contributed by atoms with Crippen LogP contribution in [0.2, 0.25) is 5.02 Å². The second-order valence-corrected chi connectivity index (χ2v) is 6.42. The predicted octanol–water partition coefficient (Wildman–Crippen LogP) is 1.94. The first-order valence-corrected chi connectivity index (χ1v) is 7.54. The maximum absolute atomic E-state index is 13.1. The fourth-order valence-corrected chi connectivity index (χ4v) is 3.16. The highest BCUT2D eigenvalue weighted by Gasteiger charge is 2.22. The van der Waals surface area contributed by atoms with Gasteiger partial charge in [0.2, 0.25) is 0 Å². The van der Waals surface area contributed by atoms with Crippen LogP contribution in [0, 0.1) is 5.82 Å². The molecule has 0 atom stereocenters. The molecule has 0 spiro atoms. The highest BCUT2D eigenvalue weighted by molar-refractivity contribution is 7.90. The van der Waals surface area contributed by atoms with Gasteiger partial charge in [-0.25, -0.2) is 27.6 Å². The summed E-state index contributed by atoms with van der Waals surface area (Å²) in [6.45, 7) is 0. The number of carboxylic acids is 1. The minimum Gasteiger partial charge on any atom is -0.478 e. The van der Waals surface area contributed by atoms with Crippen molar-refractivity contribution in [1.82, 2.24) is 9.97 Å². The summed E-state index contributed by atoms with van der Waals surface area (Å²) in [5.41, 5.74) is -0.466. The van der Waals surface area contributed by atoms with Crippen LogP contribution >= 0.6 is 11.6 Å². The van der Waals surface area contributed by atoms with E-state index in [1.165, 1.54) is 0 Å². The van der Waals surface area contributed by atoms with Crippen molar-refractivity contribution in [3.63, 3.8) is 0 Å². The van der Waals surface area contributed by atoms with Crippen LogP contribution in [-0.2, 0) is 15.6 Å². The smallest absolute Gasteiger partial charge is 0.339 e. The van der Waals surface area contributed by atoms with Crippen LogP contribution < -0.4 is 0 Å². The largest absolute Gasteiger partial charge is 0.478 e. The van der Waals surface area contributed by atoms with E-state index in [1.807, 2.05) is 0 Å². The molecule has 21 heavy (non-hydrogen) atoms. The SMILES string of the molecule is O=C(O)c1cncnc1CS(=O)(=O)c1ccc(F)c(Cl)c1. The Labute approximate surface area is 124 Å². The van der Waals surface area contributed by atoms with Crippen molar-refractivity contribution in [1.29, 1.82) is 0 Å². The van der Waals surface area contributed by atoms with Crippen LogP contribution in [0.1, 0.15) is 16.1 Å². The van der Waals surface area contributed by atoms with Gasteiger partial charge in [-0.05, 0) is 18.2 Å². The Balaban J connectivity index is 2.42. The molecule has 0 unspecified atom stereocenters. The molecule has 1 aromatic heterocycles. The molecule has 110 valence electrons. The van der Waals surface area contributed by atoms with Gasteiger partial charge in [-0.1, -0.05) is 11.6 Å². The molecule has 0 saturated heterocycles. The minimum absolute atomic E-state index is 0.155. The number of aromatic carboxylic acids is 1. The summed E-state index contributed by atoms with van der Waals surface area (Å²) in [6, 6.07) is 2.94. The van der Waals surface area contributed by atoms with Crippen LogP contribution in [0.3, 0.4) is 0 Å². The third kappa shape index (κ3) is 3.34. The molecule has 0 aliphatic heterocycles. The lowest BCUT2D eigenvalue weighted by Crippen LogP contribution is -2.12. The number of nitrogens with zero attached hydrogens (tertiary/aromatic N) is 2. The standard InChI is InChI=1S/C12H8ClFN2O4S/c13-9-3-7(1-2-10(9)14)21(19,20)5-11-8(12(17)18)4-15-6-16-11/h1-4,6H,5H2,(H,17,18). The van der Waals surface area contributed by atoms with Crippen molar-refractivity contribution in [3.8, 4) is 0 Å². The van der Waals surface area contributed by atoms with E-state index < -0.39 is 27.4 Å². The topological polar surface area (TPSA) is 97.2 Å². The third-order valence-electron chi connectivity index (χ3n) is 2.60. The second kappa shape index (κ2) is 5.74. The van der Waals surface area contributed by atoms with Crippen LogP contribution in [-0.4, -0.2) is 29.5 Å². The van der Waals surface area contributed by atoms with Gasteiger partial charge in [-0.15, -0.1) is 0 Å². The number of sulfone groups is 1. The number of halogens is 2. The van der Waals surface area contributed by atoms with E-state index in [9.17, 15) is 17.6 Å². The molecule has 9 heteroatoms. The van der Waals surface area contributed by atoms with Crippen molar-refractivity contribution in [3.05, 3.63) is 52.8 Å². The fraction of sp³-hybridized carbons (Fsp3) is 0.0833. The zero-order valence-corrected chi connectivity index (χ0v) is 11.9. The molecule has 0 bridgehead atoms. The van der Waals surface area contributed by atoms with Crippen molar-refractivity contribution < 1.29 is 22.7 Å². The normalized spacial score (nSPS) is 11.3. The Kier molecular flexibility index (Phi) is 4.19. The molecule has 1 aromatic carbocycles. The van der Waals surface area contributed by atoms with Crippen LogP contribution in [0.15, 0.2) is 35.6 Å². The molecule has 0 saturated carbocycles. The van der Waals surface area contributed by atoms with E-state index in [0.717, 1.165) is 30.7 Å². The van der Waals surface area contributed by atoms with Gasteiger partial charge in [0.25, 0.3) is 0 Å². The minimum atomic E-state index is -3.91. The lowest BCUT2D eigenvalue weighted by Gasteiger charge is -2.07. The summed E-state index contributed by atoms with van der Waals surface area (Å²) in [7, 11) is -3.91. The van der Waals surface area contributed by atoms with E-state index in [-0.39, 0.29) is 21.2 Å². The molecule has 2 aromatic rings. The molecule has 0 radical (unpaired) electrons. The van der Waals surface area contributed by atoms with Crippen molar-refractivity contribution in [2.24, 2.45) is 0 Å². The first kappa shape index (κ1) is 15.3. The average molecular weight is 331 g/mol. The molecule has 0 fully saturated rings. The van der Waals surface area contributed by atoms with E-state index in [0.29, 0.717) is 0 Å². The van der Waals surface area contributed by atoms with E-state index in [4.69, 9.17) is 16.7 Å². The van der Waals surface area contributed by atoms with E-state index in [1.54, 1.807) is 0 Å². The summed E-state index contributed by atoms with van der Waals surface area (Å²) in [5, 5.41) is 8.63. The van der Waals surface area contributed by atoms with Crippen LogP contribution in [0.5, 0.6) is 0 Å². The van der Waals surface area contributed by atoms with Gasteiger partial charge in [-0.2, -0.15) is 0 Å². The Hall–Kier alpha value is -2.06. The Morgan fingerprint density at radius 1 is 1.38 bits per heavy atom. The van der Waals surface area contributed by atoms with E-state index >= 15 is 0 Å². The molecular weight excluding hydrogens is 323 g/mol. The number of carboxylic acid groups (broad SMARTS) is 1. The molecule has 0 aliphatic rings. The Morgan fingerprint density at radius 2 is 2.10 bits per heavy atom. The third-order valence-corrected chi connectivity index (χ3v) is 4.52. The second-order valence-electron chi connectivity index (χ2n) is 4.02. The van der Waals surface area contributed by atoms with Gasteiger partial charge in [0, 0.05) is 6.20 Å². The Morgan fingerprint density at radius 3 is 2.71 bits per heavy atom. The predicted molar refractivity (Wildman–Crippen MR) is 71.3 cm³/mol. The molecule has 1 N–H and O–H groups in total. The molecule has 6 nitrogen and oxygen atoms in total. The van der Waals surface area contributed by atoms with E-state index in [2.05, 4.69) is 9.97 Å². The number of carbonyl (C=O) groups is 1. The van der Waals surface area contributed by atoms with Gasteiger partial charge >= 0.3 is 5.97 Å². The lowest BCUT2D eigenvalue weighted by atomic mass is 10.2. The zero-order chi connectivity index (χ0) is 15.6. The van der Waals surface area contributed by atoms with Crippen molar-refractivity contribution in [2.45, 2.75) is 10.6 Å². The number of rotatable bonds is 4. The monoisotopic (exact) mass is 330 g/mol. The number of benzene rings is 1. The maximum atomic E-state index is 13.1.